The van der Waals surface area contributed by atoms with Crippen LogP contribution in [0, 0.1) is 5.92 Å². The molecule has 0 bridgehead atoms. The molecule has 1 amide bonds. The first-order valence-electron chi connectivity index (χ1n) is 8.51. The zero-order valence-electron chi connectivity index (χ0n) is 14.8. The van der Waals surface area contributed by atoms with Gasteiger partial charge in [0.15, 0.2) is 0 Å². The van der Waals surface area contributed by atoms with Gasteiger partial charge in [0.05, 0.1) is 6.54 Å². The second-order valence-electron chi connectivity index (χ2n) is 6.35. The molecule has 134 valence electrons. The number of rotatable bonds is 6. The number of hydrogen-bond donors (Lipinski definition) is 2. The lowest BCUT2D eigenvalue weighted by molar-refractivity contribution is -0.118. The van der Waals surface area contributed by atoms with Gasteiger partial charge >= 0.3 is 0 Å². The highest BCUT2D eigenvalue weighted by Gasteiger charge is 2.07. The van der Waals surface area contributed by atoms with E-state index >= 15 is 0 Å². The van der Waals surface area contributed by atoms with Crippen LogP contribution in [0.5, 0.6) is 0 Å². The monoisotopic (exact) mass is 368 g/mol. The fourth-order valence-corrected chi connectivity index (χ4v) is 2.61. The zero-order chi connectivity index (χ0) is 18.5. The molecule has 0 saturated carbocycles. The van der Waals surface area contributed by atoms with Gasteiger partial charge in [-0.1, -0.05) is 37.6 Å². The summed E-state index contributed by atoms with van der Waals surface area (Å²) in [5, 5.41) is 6.86. The lowest BCUT2D eigenvalue weighted by Crippen LogP contribution is -2.17. The second-order valence-corrected chi connectivity index (χ2v) is 6.79. The maximum Gasteiger partial charge on any atom is 0.226 e. The predicted molar refractivity (Wildman–Crippen MR) is 106 cm³/mol. The van der Waals surface area contributed by atoms with Crippen molar-refractivity contribution in [1.29, 1.82) is 0 Å². The Kier molecular flexibility index (Phi) is 5.64. The van der Waals surface area contributed by atoms with E-state index < -0.39 is 0 Å². The summed E-state index contributed by atoms with van der Waals surface area (Å²) >= 11 is 6.02. The Bertz CT molecular complexity index is 885. The molecule has 26 heavy (non-hydrogen) atoms. The number of nitrogens with one attached hydrogen (secondary N) is 2. The third-order valence-corrected chi connectivity index (χ3v) is 4.15. The molecule has 1 heterocycles. The van der Waals surface area contributed by atoms with Crippen molar-refractivity contribution in [3.8, 4) is 11.3 Å². The third kappa shape index (κ3) is 4.67. The summed E-state index contributed by atoms with van der Waals surface area (Å²) < 4.78 is 5.87. The average Bonchev–Trinajstić information content (AvgIpc) is 3.10. The standard InChI is InChI=1S/C21H21ClN2O2/c1-14(2)21(25)24-18-8-6-17(7-9-18)23-13-19-10-11-20(26-19)15-4-3-5-16(22)12-15/h3-12,14,23H,13H2,1-2H3,(H,24,25). The van der Waals surface area contributed by atoms with Gasteiger partial charge in [-0.25, -0.2) is 0 Å². The van der Waals surface area contributed by atoms with E-state index in [2.05, 4.69) is 10.6 Å². The molecular weight excluding hydrogens is 348 g/mol. The Morgan fingerprint density at radius 3 is 2.46 bits per heavy atom. The number of furan rings is 1. The van der Waals surface area contributed by atoms with E-state index in [0.29, 0.717) is 11.6 Å². The molecule has 5 heteroatoms. The van der Waals surface area contributed by atoms with Crippen LogP contribution in [-0.2, 0) is 11.3 Å². The van der Waals surface area contributed by atoms with Crippen molar-refractivity contribution in [2.24, 2.45) is 5.92 Å². The molecule has 3 aromatic rings. The highest BCUT2D eigenvalue weighted by Crippen LogP contribution is 2.25. The van der Waals surface area contributed by atoms with Crippen molar-refractivity contribution < 1.29 is 9.21 Å². The summed E-state index contributed by atoms with van der Waals surface area (Å²) in [5.41, 5.74) is 2.69. The summed E-state index contributed by atoms with van der Waals surface area (Å²) in [4.78, 5) is 11.7. The highest BCUT2D eigenvalue weighted by atomic mass is 35.5. The van der Waals surface area contributed by atoms with Crippen LogP contribution in [0.15, 0.2) is 65.1 Å². The van der Waals surface area contributed by atoms with E-state index in [1.54, 1.807) is 0 Å². The Hall–Kier alpha value is -2.72. The Morgan fingerprint density at radius 2 is 1.77 bits per heavy atom. The molecule has 0 radical (unpaired) electrons. The lowest BCUT2D eigenvalue weighted by Gasteiger charge is -2.09. The average molecular weight is 369 g/mol. The minimum Gasteiger partial charge on any atom is -0.459 e. The van der Waals surface area contributed by atoms with Gasteiger partial charge in [-0.05, 0) is 48.5 Å². The van der Waals surface area contributed by atoms with Crippen LogP contribution < -0.4 is 10.6 Å². The van der Waals surface area contributed by atoms with E-state index in [1.165, 1.54) is 0 Å². The highest BCUT2D eigenvalue weighted by molar-refractivity contribution is 6.30. The summed E-state index contributed by atoms with van der Waals surface area (Å²) in [5.74, 6) is 1.59. The van der Waals surface area contributed by atoms with Crippen molar-refractivity contribution in [2.75, 3.05) is 10.6 Å². The zero-order valence-corrected chi connectivity index (χ0v) is 15.5. The van der Waals surface area contributed by atoms with Crippen molar-refractivity contribution in [3.05, 3.63) is 71.4 Å². The predicted octanol–water partition coefficient (Wildman–Crippen LogP) is 5.81. The van der Waals surface area contributed by atoms with Crippen LogP contribution in [0.2, 0.25) is 5.02 Å². The molecule has 1 aromatic heterocycles. The topological polar surface area (TPSA) is 54.3 Å². The molecule has 3 rings (SSSR count). The minimum atomic E-state index is -0.0413. The Labute approximate surface area is 158 Å². The molecule has 0 saturated heterocycles. The van der Waals surface area contributed by atoms with Gasteiger partial charge in [0.2, 0.25) is 5.91 Å². The summed E-state index contributed by atoms with van der Waals surface area (Å²) in [7, 11) is 0. The lowest BCUT2D eigenvalue weighted by atomic mass is 10.2. The van der Waals surface area contributed by atoms with Crippen LogP contribution >= 0.6 is 11.6 Å². The minimum absolute atomic E-state index is 0.00911. The van der Waals surface area contributed by atoms with E-state index in [9.17, 15) is 4.79 Å². The van der Waals surface area contributed by atoms with Crippen LogP contribution in [0.4, 0.5) is 11.4 Å². The molecule has 4 nitrogen and oxygen atoms in total. The smallest absolute Gasteiger partial charge is 0.226 e. The maximum atomic E-state index is 11.7. The molecule has 0 aliphatic rings. The van der Waals surface area contributed by atoms with E-state index in [1.807, 2.05) is 74.5 Å². The van der Waals surface area contributed by atoms with Crippen molar-refractivity contribution in [3.63, 3.8) is 0 Å². The number of carbonyl (C=O) groups excluding carboxylic acids is 1. The molecule has 0 unspecified atom stereocenters. The molecule has 0 fully saturated rings. The van der Waals surface area contributed by atoms with E-state index in [-0.39, 0.29) is 11.8 Å². The van der Waals surface area contributed by atoms with Crippen LogP contribution in [0.3, 0.4) is 0 Å². The first-order valence-corrected chi connectivity index (χ1v) is 8.88. The molecule has 2 aromatic carbocycles. The SMILES string of the molecule is CC(C)C(=O)Nc1ccc(NCc2ccc(-c3cccc(Cl)c3)o2)cc1. The Balaban J connectivity index is 1.58. The van der Waals surface area contributed by atoms with Crippen molar-refractivity contribution >= 4 is 28.9 Å². The van der Waals surface area contributed by atoms with Gasteiger partial charge in [-0.15, -0.1) is 0 Å². The quantitative estimate of drug-likeness (QED) is 0.577. The fourth-order valence-electron chi connectivity index (χ4n) is 2.42. The summed E-state index contributed by atoms with van der Waals surface area (Å²) in [6.45, 7) is 4.30. The normalized spacial score (nSPS) is 10.8. The van der Waals surface area contributed by atoms with E-state index in [0.717, 1.165) is 28.5 Å². The summed E-state index contributed by atoms with van der Waals surface area (Å²) in [6.07, 6.45) is 0. The fraction of sp³-hybridized carbons (Fsp3) is 0.190. The number of halogens is 1. The number of amides is 1. The van der Waals surface area contributed by atoms with Crippen LogP contribution in [-0.4, -0.2) is 5.91 Å². The molecule has 0 spiro atoms. The van der Waals surface area contributed by atoms with Gasteiger partial charge in [-0.3, -0.25) is 4.79 Å². The molecule has 0 aliphatic carbocycles. The van der Waals surface area contributed by atoms with Gasteiger partial charge in [-0.2, -0.15) is 0 Å². The number of carbonyl (C=O) groups is 1. The van der Waals surface area contributed by atoms with Gasteiger partial charge in [0.1, 0.15) is 11.5 Å². The summed E-state index contributed by atoms with van der Waals surface area (Å²) in [6, 6.07) is 19.1. The van der Waals surface area contributed by atoms with Crippen LogP contribution in [0.1, 0.15) is 19.6 Å². The molecule has 0 atom stereocenters. The number of hydrogen-bond acceptors (Lipinski definition) is 3. The second kappa shape index (κ2) is 8.11. The van der Waals surface area contributed by atoms with E-state index in [4.69, 9.17) is 16.0 Å². The first-order chi connectivity index (χ1) is 12.5. The number of anilines is 2. The molecule has 0 aliphatic heterocycles. The van der Waals surface area contributed by atoms with Crippen molar-refractivity contribution in [2.45, 2.75) is 20.4 Å². The van der Waals surface area contributed by atoms with Gasteiger partial charge in [0, 0.05) is 27.9 Å². The van der Waals surface area contributed by atoms with Crippen LogP contribution in [0.25, 0.3) is 11.3 Å². The van der Waals surface area contributed by atoms with Gasteiger partial charge < -0.3 is 15.1 Å². The number of benzene rings is 2. The molecule has 2 N–H and O–H groups in total. The first kappa shape index (κ1) is 18.1. The third-order valence-electron chi connectivity index (χ3n) is 3.91. The largest absolute Gasteiger partial charge is 0.459 e. The molecular formula is C21H21ClN2O2. The van der Waals surface area contributed by atoms with Gasteiger partial charge in [0.25, 0.3) is 0 Å². The maximum absolute atomic E-state index is 11.7. The Morgan fingerprint density at radius 1 is 1.04 bits per heavy atom. The van der Waals surface area contributed by atoms with Crippen molar-refractivity contribution in [1.82, 2.24) is 0 Å².